The number of rotatable bonds is 10. The number of pyridine rings is 1. The van der Waals surface area contributed by atoms with E-state index in [1.54, 1.807) is 18.3 Å². The summed E-state index contributed by atoms with van der Waals surface area (Å²) in [7, 11) is 0. The SMILES string of the molecule is CCC(Nc1cc(C(=O)NC2C[C@H]3CC[C@@H](C2)N3c2ccc(C(=O)C3CC3)cn2)c(C)cc1C(N)=O)C(C)C. The van der Waals surface area contributed by atoms with E-state index in [-0.39, 0.29) is 29.7 Å². The number of aryl methyl sites for hydroxylation is 1. The van der Waals surface area contributed by atoms with Crippen LogP contribution < -0.4 is 21.3 Å². The zero-order valence-corrected chi connectivity index (χ0v) is 23.5. The number of fused-ring (bicyclic) bond motifs is 2. The first-order valence-electron chi connectivity index (χ1n) is 14.5. The second-order valence-electron chi connectivity index (χ2n) is 12.0. The van der Waals surface area contributed by atoms with E-state index in [9.17, 15) is 14.4 Å². The maximum absolute atomic E-state index is 13.5. The molecule has 2 amide bonds. The van der Waals surface area contributed by atoms with Gasteiger partial charge in [-0.2, -0.15) is 0 Å². The molecule has 1 aromatic heterocycles. The number of piperidine rings is 1. The minimum Gasteiger partial charge on any atom is -0.381 e. The fourth-order valence-electron chi connectivity index (χ4n) is 6.41. The van der Waals surface area contributed by atoms with Crippen LogP contribution in [0.4, 0.5) is 11.5 Å². The summed E-state index contributed by atoms with van der Waals surface area (Å²) in [6.45, 7) is 8.21. The molecule has 208 valence electrons. The number of nitrogens with two attached hydrogens (primary N) is 1. The number of anilines is 2. The Hall–Kier alpha value is -3.42. The number of Topliss-reactive ketones (excluding diaryl/α,β-unsaturated/α-hetero) is 1. The molecular formula is C31H41N5O3. The standard InChI is InChI=1S/C31H41N5O3/c1-5-26(17(2)3)35-27-15-24(18(4)12-25(27)30(32)38)31(39)34-21-13-22-9-10-23(14-21)36(22)28-11-8-20(16-33-28)29(37)19-6-7-19/h8,11-12,15-17,19,21-23,26,35H,5-7,9-10,13-14H2,1-4H3,(H2,32,38)(H,34,39)/t21?,22-,23+,26?. The summed E-state index contributed by atoms with van der Waals surface area (Å²) in [6.07, 6.45) is 8.44. The van der Waals surface area contributed by atoms with Crippen molar-refractivity contribution >= 4 is 29.1 Å². The van der Waals surface area contributed by atoms with Crippen LogP contribution in [-0.4, -0.2) is 46.7 Å². The molecule has 2 unspecified atom stereocenters. The molecule has 8 heteroatoms. The van der Waals surface area contributed by atoms with Crippen molar-refractivity contribution in [3.05, 3.63) is 52.7 Å². The van der Waals surface area contributed by atoms with Crippen LogP contribution in [0.15, 0.2) is 30.5 Å². The summed E-state index contributed by atoms with van der Waals surface area (Å²) in [5.74, 6) is 1.06. The van der Waals surface area contributed by atoms with Crippen molar-refractivity contribution in [3.63, 3.8) is 0 Å². The number of nitrogens with one attached hydrogen (secondary N) is 2. The summed E-state index contributed by atoms with van der Waals surface area (Å²) < 4.78 is 0. The lowest BCUT2D eigenvalue weighted by molar-refractivity contribution is 0.0923. The van der Waals surface area contributed by atoms with Gasteiger partial charge >= 0.3 is 0 Å². The predicted octanol–water partition coefficient (Wildman–Crippen LogP) is 4.86. The second kappa shape index (κ2) is 11.0. The van der Waals surface area contributed by atoms with Crippen molar-refractivity contribution in [1.82, 2.24) is 10.3 Å². The highest BCUT2D eigenvalue weighted by Crippen LogP contribution is 2.39. The highest BCUT2D eigenvalue weighted by molar-refractivity contribution is 6.03. The molecular weight excluding hydrogens is 490 g/mol. The van der Waals surface area contributed by atoms with Gasteiger partial charge in [0.15, 0.2) is 5.78 Å². The van der Waals surface area contributed by atoms with Crippen LogP contribution in [0, 0.1) is 18.8 Å². The third kappa shape index (κ3) is 5.65. The molecule has 1 aliphatic carbocycles. The topological polar surface area (TPSA) is 117 Å². The highest BCUT2D eigenvalue weighted by atomic mass is 16.2. The number of amides is 2. The Morgan fingerprint density at radius 1 is 1.05 bits per heavy atom. The fraction of sp³-hybridized carbons (Fsp3) is 0.548. The summed E-state index contributed by atoms with van der Waals surface area (Å²) in [6, 6.07) is 8.25. The molecule has 2 saturated heterocycles. The van der Waals surface area contributed by atoms with Crippen molar-refractivity contribution in [1.29, 1.82) is 0 Å². The monoisotopic (exact) mass is 531 g/mol. The summed E-state index contributed by atoms with van der Waals surface area (Å²) in [4.78, 5) is 45.1. The molecule has 4 atom stereocenters. The van der Waals surface area contributed by atoms with E-state index >= 15 is 0 Å². The molecule has 3 heterocycles. The van der Waals surface area contributed by atoms with Crippen LogP contribution in [0.25, 0.3) is 0 Å². The van der Waals surface area contributed by atoms with Gasteiger partial charge in [-0.05, 0) is 87.6 Å². The Kier molecular flexibility index (Phi) is 7.65. The van der Waals surface area contributed by atoms with Gasteiger partial charge in [-0.1, -0.05) is 20.8 Å². The van der Waals surface area contributed by atoms with Gasteiger partial charge in [0.25, 0.3) is 11.8 Å². The van der Waals surface area contributed by atoms with E-state index in [4.69, 9.17) is 5.73 Å². The van der Waals surface area contributed by atoms with Crippen molar-refractivity contribution in [2.24, 2.45) is 17.6 Å². The Bertz CT molecular complexity index is 1240. The third-order valence-electron chi connectivity index (χ3n) is 8.77. The van der Waals surface area contributed by atoms with Gasteiger partial charge in [-0.3, -0.25) is 14.4 Å². The first-order chi connectivity index (χ1) is 18.7. The summed E-state index contributed by atoms with van der Waals surface area (Å²) in [5, 5.41) is 6.74. The second-order valence-corrected chi connectivity index (χ2v) is 12.0. The molecule has 2 bridgehead atoms. The number of carbonyl (C=O) groups excluding carboxylic acids is 3. The molecule has 2 aliphatic heterocycles. The number of nitrogens with zero attached hydrogens (tertiary/aromatic N) is 2. The predicted molar refractivity (Wildman–Crippen MR) is 153 cm³/mol. The van der Waals surface area contributed by atoms with Crippen molar-refractivity contribution in [3.8, 4) is 0 Å². The van der Waals surface area contributed by atoms with Crippen LogP contribution in [0.3, 0.4) is 0 Å². The first-order valence-corrected chi connectivity index (χ1v) is 14.5. The summed E-state index contributed by atoms with van der Waals surface area (Å²) >= 11 is 0. The van der Waals surface area contributed by atoms with E-state index < -0.39 is 5.91 Å². The Morgan fingerprint density at radius 2 is 1.74 bits per heavy atom. The van der Waals surface area contributed by atoms with Gasteiger partial charge in [0.1, 0.15) is 5.82 Å². The minimum atomic E-state index is -0.506. The molecule has 39 heavy (non-hydrogen) atoms. The number of carbonyl (C=O) groups is 3. The molecule has 8 nitrogen and oxygen atoms in total. The molecule has 0 spiro atoms. The van der Waals surface area contributed by atoms with Crippen LogP contribution in [0.1, 0.15) is 102 Å². The highest BCUT2D eigenvalue weighted by Gasteiger charge is 2.42. The molecule has 0 radical (unpaired) electrons. The minimum absolute atomic E-state index is 0.0626. The summed E-state index contributed by atoms with van der Waals surface area (Å²) in [5.41, 5.74) is 8.71. The number of hydrogen-bond acceptors (Lipinski definition) is 6. The molecule has 5 rings (SSSR count). The average Bonchev–Trinajstić information content (AvgIpc) is 3.72. The molecule has 1 aromatic carbocycles. The van der Waals surface area contributed by atoms with E-state index in [0.29, 0.717) is 40.4 Å². The lowest BCUT2D eigenvalue weighted by Crippen LogP contribution is -2.50. The quantitative estimate of drug-likeness (QED) is 0.377. The van der Waals surface area contributed by atoms with Gasteiger partial charge < -0.3 is 21.3 Å². The zero-order valence-electron chi connectivity index (χ0n) is 23.5. The van der Waals surface area contributed by atoms with Crippen molar-refractivity contribution < 1.29 is 14.4 Å². The number of ketones is 1. The van der Waals surface area contributed by atoms with Gasteiger partial charge in [-0.25, -0.2) is 4.98 Å². The molecule has 4 N–H and O–H groups in total. The third-order valence-corrected chi connectivity index (χ3v) is 8.77. The van der Waals surface area contributed by atoms with Crippen LogP contribution in [-0.2, 0) is 0 Å². The first kappa shape index (κ1) is 27.2. The van der Waals surface area contributed by atoms with Gasteiger partial charge in [-0.15, -0.1) is 0 Å². The average molecular weight is 532 g/mol. The number of hydrogen-bond donors (Lipinski definition) is 3. The van der Waals surface area contributed by atoms with Crippen molar-refractivity contribution in [2.45, 2.75) is 96.8 Å². The number of benzene rings is 1. The maximum atomic E-state index is 13.5. The Morgan fingerprint density at radius 3 is 2.28 bits per heavy atom. The lowest BCUT2D eigenvalue weighted by Gasteiger charge is -2.40. The van der Waals surface area contributed by atoms with E-state index in [1.807, 2.05) is 19.1 Å². The van der Waals surface area contributed by atoms with E-state index in [2.05, 4.69) is 41.3 Å². The smallest absolute Gasteiger partial charge is 0.251 e. The maximum Gasteiger partial charge on any atom is 0.251 e. The molecule has 2 aromatic rings. The van der Waals surface area contributed by atoms with E-state index in [1.165, 1.54) is 0 Å². The zero-order chi connectivity index (χ0) is 27.8. The molecule has 1 saturated carbocycles. The molecule has 3 aliphatic rings. The van der Waals surface area contributed by atoms with Crippen LogP contribution >= 0.6 is 0 Å². The largest absolute Gasteiger partial charge is 0.381 e. The van der Waals surface area contributed by atoms with Crippen LogP contribution in [0.5, 0.6) is 0 Å². The van der Waals surface area contributed by atoms with Crippen molar-refractivity contribution in [2.75, 3.05) is 10.2 Å². The van der Waals surface area contributed by atoms with Gasteiger partial charge in [0.05, 0.1) is 5.56 Å². The Labute approximate surface area is 231 Å². The normalized spacial score (nSPS) is 23.0. The number of aromatic nitrogens is 1. The Balaban J connectivity index is 1.28. The molecule has 3 fully saturated rings. The number of primary amides is 1. The van der Waals surface area contributed by atoms with Gasteiger partial charge in [0.2, 0.25) is 0 Å². The van der Waals surface area contributed by atoms with E-state index in [0.717, 1.165) is 56.3 Å². The van der Waals surface area contributed by atoms with Gasteiger partial charge in [0, 0.05) is 53.1 Å². The van der Waals surface area contributed by atoms with Crippen LogP contribution in [0.2, 0.25) is 0 Å². The fourth-order valence-corrected chi connectivity index (χ4v) is 6.41. The lowest BCUT2D eigenvalue weighted by atomic mass is 9.95.